The van der Waals surface area contributed by atoms with Crippen molar-refractivity contribution in [2.75, 3.05) is 11.4 Å². The van der Waals surface area contributed by atoms with Crippen molar-refractivity contribution < 1.29 is 9.53 Å². The van der Waals surface area contributed by atoms with Gasteiger partial charge in [-0.2, -0.15) is 0 Å². The SMILES string of the molecule is C=CCN(C(=O)OC(C)(C)C)c1ccccc1Br. The van der Waals surface area contributed by atoms with Gasteiger partial charge in [0, 0.05) is 11.0 Å². The molecule has 1 amide bonds. The molecule has 0 atom stereocenters. The maximum Gasteiger partial charge on any atom is 0.415 e. The molecular formula is C14H18BrNO2. The molecule has 0 aliphatic heterocycles. The highest BCUT2D eigenvalue weighted by atomic mass is 79.9. The van der Waals surface area contributed by atoms with Crippen molar-refractivity contribution in [1.82, 2.24) is 0 Å². The van der Waals surface area contributed by atoms with E-state index in [0.29, 0.717) is 6.54 Å². The topological polar surface area (TPSA) is 29.5 Å². The average Bonchev–Trinajstić information content (AvgIpc) is 2.24. The van der Waals surface area contributed by atoms with Gasteiger partial charge in [0.15, 0.2) is 0 Å². The Balaban J connectivity index is 3.00. The van der Waals surface area contributed by atoms with Crippen molar-refractivity contribution in [2.45, 2.75) is 26.4 Å². The molecule has 0 saturated heterocycles. The van der Waals surface area contributed by atoms with Crippen LogP contribution in [-0.2, 0) is 4.74 Å². The van der Waals surface area contributed by atoms with Crippen LogP contribution in [0.5, 0.6) is 0 Å². The van der Waals surface area contributed by atoms with Crippen molar-refractivity contribution in [1.29, 1.82) is 0 Å². The normalized spacial score (nSPS) is 10.9. The van der Waals surface area contributed by atoms with Gasteiger partial charge < -0.3 is 4.74 Å². The number of para-hydroxylation sites is 1. The highest BCUT2D eigenvalue weighted by molar-refractivity contribution is 9.10. The van der Waals surface area contributed by atoms with Crippen molar-refractivity contribution in [3.63, 3.8) is 0 Å². The van der Waals surface area contributed by atoms with Gasteiger partial charge in [-0.1, -0.05) is 18.2 Å². The molecule has 1 aromatic rings. The molecule has 0 spiro atoms. The van der Waals surface area contributed by atoms with Crippen LogP contribution in [0.3, 0.4) is 0 Å². The highest BCUT2D eigenvalue weighted by Gasteiger charge is 2.23. The third kappa shape index (κ3) is 4.18. The van der Waals surface area contributed by atoms with Crippen LogP contribution < -0.4 is 4.90 Å². The van der Waals surface area contributed by atoms with Gasteiger partial charge in [0.1, 0.15) is 5.60 Å². The molecule has 0 fully saturated rings. The fraction of sp³-hybridized carbons (Fsp3) is 0.357. The van der Waals surface area contributed by atoms with E-state index in [1.165, 1.54) is 0 Å². The summed E-state index contributed by atoms with van der Waals surface area (Å²) in [6.45, 7) is 9.60. The summed E-state index contributed by atoms with van der Waals surface area (Å²) in [5.74, 6) is 0. The Kier molecular flexibility index (Phi) is 4.96. The Morgan fingerprint density at radius 1 is 1.44 bits per heavy atom. The molecule has 0 N–H and O–H groups in total. The predicted molar refractivity (Wildman–Crippen MR) is 77.9 cm³/mol. The molecule has 98 valence electrons. The zero-order valence-electron chi connectivity index (χ0n) is 10.9. The number of anilines is 1. The van der Waals surface area contributed by atoms with Crippen LogP contribution in [0.4, 0.5) is 10.5 Å². The maximum absolute atomic E-state index is 12.1. The number of hydrogen-bond acceptors (Lipinski definition) is 2. The Bertz CT molecular complexity index is 438. The summed E-state index contributed by atoms with van der Waals surface area (Å²) >= 11 is 3.43. The fourth-order valence-electron chi connectivity index (χ4n) is 1.39. The van der Waals surface area contributed by atoms with E-state index in [0.717, 1.165) is 10.2 Å². The minimum atomic E-state index is -0.516. The number of ether oxygens (including phenoxy) is 1. The zero-order valence-corrected chi connectivity index (χ0v) is 12.5. The molecule has 0 aliphatic rings. The van der Waals surface area contributed by atoms with Crippen molar-refractivity contribution in [3.8, 4) is 0 Å². The summed E-state index contributed by atoms with van der Waals surface area (Å²) < 4.78 is 6.23. The van der Waals surface area contributed by atoms with Gasteiger partial charge in [-0.25, -0.2) is 4.79 Å². The molecule has 0 aromatic heterocycles. The van der Waals surface area contributed by atoms with Gasteiger partial charge in [0.2, 0.25) is 0 Å². The van der Waals surface area contributed by atoms with E-state index in [9.17, 15) is 4.79 Å². The minimum absolute atomic E-state index is 0.380. The molecule has 0 heterocycles. The third-order valence-corrected chi connectivity index (χ3v) is 2.74. The quantitative estimate of drug-likeness (QED) is 0.775. The molecule has 4 heteroatoms. The van der Waals surface area contributed by atoms with Gasteiger partial charge in [0.05, 0.1) is 5.69 Å². The number of nitrogens with zero attached hydrogens (tertiary/aromatic N) is 1. The first kappa shape index (κ1) is 14.8. The Labute approximate surface area is 117 Å². The van der Waals surface area contributed by atoms with Crippen LogP contribution in [0.1, 0.15) is 20.8 Å². The van der Waals surface area contributed by atoms with E-state index in [4.69, 9.17) is 4.74 Å². The Morgan fingerprint density at radius 3 is 2.56 bits per heavy atom. The molecule has 3 nitrogen and oxygen atoms in total. The van der Waals surface area contributed by atoms with Gasteiger partial charge in [-0.05, 0) is 48.8 Å². The van der Waals surface area contributed by atoms with E-state index >= 15 is 0 Å². The monoisotopic (exact) mass is 311 g/mol. The Morgan fingerprint density at radius 2 is 2.06 bits per heavy atom. The van der Waals surface area contributed by atoms with Crippen LogP contribution in [0, 0.1) is 0 Å². The number of benzene rings is 1. The van der Waals surface area contributed by atoms with Crippen LogP contribution in [0.2, 0.25) is 0 Å². The lowest BCUT2D eigenvalue weighted by Gasteiger charge is -2.27. The molecule has 1 aromatic carbocycles. The van der Waals surface area contributed by atoms with Crippen LogP contribution in [0.25, 0.3) is 0 Å². The second-order valence-corrected chi connectivity index (χ2v) is 5.69. The molecule has 0 aliphatic carbocycles. The highest BCUT2D eigenvalue weighted by Crippen LogP contribution is 2.27. The van der Waals surface area contributed by atoms with Crippen LogP contribution in [-0.4, -0.2) is 18.2 Å². The summed E-state index contributed by atoms with van der Waals surface area (Å²) in [5, 5.41) is 0. The zero-order chi connectivity index (χ0) is 13.8. The number of carbonyl (C=O) groups excluding carboxylic acids is 1. The molecule has 0 bridgehead atoms. The molecule has 0 saturated carbocycles. The standard InChI is InChI=1S/C14H18BrNO2/c1-5-10-16(13(17)18-14(2,3)4)12-9-7-6-8-11(12)15/h5-9H,1,10H2,2-4H3. The summed E-state index contributed by atoms with van der Waals surface area (Å²) in [6.07, 6.45) is 1.29. The summed E-state index contributed by atoms with van der Waals surface area (Å²) in [7, 11) is 0. The first-order chi connectivity index (χ1) is 8.35. The maximum atomic E-state index is 12.1. The lowest BCUT2D eigenvalue weighted by molar-refractivity contribution is 0.0584. The predicted octanol–water partition coefficient (Wildman–Crippen LogP) is 4.38. The lowest BCUT2D eigenvalue weighted by Crippen LogP contribution is -2.37. The number of rotatable bonds is 3. The van der Waals surface area contributed by atoms with Gasteiger partial charge in [-0.15, -0.1) is 6.58 Å². The van der Waals surface area contributed by atoms with Crippen molar-refractivity contribution >= 4 is 27.7 Å². The van der Waals surface area contributed by atoms with Crippen LogP contribution >= 0.6 is 15.9 Å². The number of carbonyl (C=O) groups is 1. The van der Waals surface area contributed by atoms with E-state index < -0.39 is 5.60 Å². The first-order valence-corrected chi connectivity index (χ1v) is 6.50. The second kappa shape index (κ2) is 6.05. The largest absolute Gasteiger partial charge is 0.443 e. The number of halogens is 1. The van der Waals surface area contributed by atoms with Gasteiger partial charge >= 0.3 is 6.09 Å². The minimum Gasteiger partial charge on any atom is -0.443 e. The van der Waals surface area contributed by atoms with Crippen LogP contribution in [0.15, 0.2) is 41.4 Å². The number of amides is 1. The first-order valence-electron chi connectivity index (χ1n) is 5.71. The second-order valence-electron chi connectivity index (χ2n) is 4.83. The molecule has 0 radical (unpaired) electrons. The summed E-state index contributed by atoms with van der Waals surface area (Å²) in [5.41, 5.74) is 0.254. The van der Waals surface area contributed by atoms with E-state index in [1.54, 1.807) is 11.0 Å². The average molecular weight is 312 g/mol. The molecule has 0 unspecified atom stereocenters. The summed E-state index contributed by atoms with van der Waals surface area (Å²) in [4.78, 5) is 13.7. The van der Waals surface area contributed by atoms with Crippen molar-refractivity contribution in [3.05, 3.63) is 41.4 Å². The van der Waals surface area contributed by atoms with Crippen molar-refractivity contribution in [2.24, 2.45) is 0 Å². The fourth-order valence-corrected chi connectivity index (χ4v) is 1.89. The molecular weight excluding hydrogens is 294 g/mol. The van der Waals surface area contributed by atoms with E-state index in [2.05, 4.69) is 22.5 Å². The summed E-state index contributed by atoms with van der Waals surface area (Å²) in [6, 6.07) is 7.52. The van der Waals surface area contributed by atoms with Gasteiger partial charge in [-0.3, -0.25) is 4.90 Å². The number of hydrogen-bond donors (Lipinski definition) is 0. The molecule has 1 rings (SSSR count). The van der Waals surface area contributed by atoms with Gasteiger partial charge in [0.25, 0.3) is 0 Å². The smallest absolute Gasteiger partial charge is 0.415 e. The van der Waals surface area contributed by atoms with E-state index in [-0.39, 0.29) is 6.09 Å². The van der Waals surface area contributed by atoms with E-state index in [1.807, 2.05) is 45.0 Å². The third-order valence-electron chi connectivity index (χ3n) is 2.07. The lowest BCUT2D eigenvalue weighted by atomic mass is 10.2. The Hall–Kier alpha value is -1.29. The molecule has 18 heavy (non-hydrogen) atoms.